The van der Waals surface area contributed by atoms with Gasteiger partial charge in [-0.05, 0) is 6.42 Å². The van der Waals surface area contributed by atoms with Crippen molar-refractivity contribution in [3.05, 3.63) is 17.8 Å². The van der Waals surface area contributed by atoms with E-state index in [9.17, 15) is 8.42 Å². The maximum Gasteiger partial charge on any atom is 0.198 e. The number of oxazole rings is 1. The normalized spacial score (nSPS) is 25.8. The molecule has 1 aromatic rings. The predicted octanol–water partition coefficient (Wildman–Crippen LogP) is 0.673. The fourth-order valence-electron chi connectivity index (χ4n) is 1.80. The van der Waals surface area contributed by atoms with Crippen molar-refractivity contribution in [3.8, 4) is 0 Å². The second-order valence-electron chi connectivity index (χ2n) is 4.28. The lowest BCUT2D eigenvalue weighted by atomic mass is 10.1. The predicted molar refractivity (Wildman–Crippen MR) is 58.0 cm³/mol. The highest BCUT2D eigenvalue weighted by Gasteiger charge is 2.32. The van der Waals surface area contributed by atoms with Crippen LogP contribution in [0.3, 0.4) is 0 Å². The Bertz CT molecular complexity index is 465. The molecule has 2 unspecified atom stereocenters. The van der Waals surface area contributed by atoms with Crippen LogP contribution in [0.2, 0.25) is 0 Å². The minimum Gasteiger partial charge on any atom is -0.445 e. The molecule has 0 amide bonds. The molecule has 2 atom stereocenters. The molecule has 1 N–H and O–H groups in total. The molecule has 1 saturated heterocycles. The smallest absolute Gasteiger partial charge is 0.198 e. The number of aliphatic hydroxyl groups is 1. The van der Waals surface area contributed by atoms with Crippen LogP contribution in [0.5, 0.6) is 0 Å². The van der Waals surface area contributed by atoms with Gasteiger partial charge in [-0.25, -0.2) is 13.4 Å². The van der Waals surface area contributed by atoms with Gasteiger partial charge in [0.1, 0.15) is 5.76 Å². The molecule has 0 spiro atoms. The van der Waals surface area contributed by atoms with E-state index >= 15 is 0 Å². The van der Waals surface area contributed by atoms with Gasteiger partial charge < -0.3 is 9.52 Å². The summed E-state index contributed by atoms with van der Waals surface area (Å²) in [6.07, 6.45) is 2.15. The first-order valence-corrected chi connectivity index (χ1v) is 7.11. The third-order valence-corrected chi connectivity index (χ3v) is 4.65. The van der Waals surface area contributed by atoms with Crippen LogP contribution in [0.1, 0.15) is 36.8 Å². The quantitative estimate of drug-likeness (QED) is 0.846. The molecule has 0 radical (unpaired) electrons. The minimum atomic E-state index is -2.91. The lowest BCUT2D eigenvalue weighted by Crippen LogP contribution is -2.03. The maximum absolute atomic E-state index is 11.3. The van der Waals surface area contributed by atoms with Crippen LogP contribution in [0, 0.1) is 0 Å². The summed E-state index contributed by atoms with van der Waals surface area (Å²) in [6, 6.07) is 0. The van der Waals surface area contributed by atoms with Gasteiger partial charge in [-0.3, -0.25) is 0 Å². The molecular formula is C10H15NO4S. The largest absolute Gasteiger partial charge is 0.445 e. The van der Waals surface area contributed by atoms with Crippen LogP contribution in [0.25, 0.3) is 0 Å². The Morgan fingerprint density at radius 2 is 2.44 bits per heavy atom. The summed E-state index contributed by atoms with van der Waals surface area (Å²) >= 11 is 0. The highest BCUT2D eigenvalue weighted by Crippen LogP contribution is 2.29. The topological polar surface area (TPSA) is 80.4 Å². The van der Waals surface area contributed by atoms with E-state index in [1.165, 1.54) is 0 Å². The van der Waals surface area contributed by atoms with E-state index in [1.54, 1.807) is 6.20 Å². The maximum atomic E-state index is 11.3. The van der Waals surface area contributed by atoms with Gasteiger partial charge in [-0.1, -0.05) is 6.92 Å². The number of hydrogen-bond donors (Lipinski definition) is 1. The Morgan fingerprint density at radius 1 is 1.69 bits per heavy atom. The zero-order valence-electron chi connectivity index (χ0n) is 9.09. The molecule has 5 nitrogen and oxygen atoms in total. The van der Waals surface area contributed by atoms with Gasteiger partial charge in [0.05, 0.1) is 30.2 Å². The van der Waals surface area contributed by atoms with E-state index < -0.39 is 9.84 Å². The number of hydrogen-bond acceptors (Lipinski definition) is 5. The van der Waals surface area contributed by atoms with Gasteiger partial charge in [0, 0.05) is 5.92 Å². The van der Waals surface area contributed by atoms with Crippen molar-refractivity contribution in [2.24, 2.45) is 0 Å². The molecule has 0 aromatic carbocycles. The first kappa shape index (κ1) is 11.6. The molecule has 90 valence electrons. The van der Waals surface area contributed by atoms with Crippen molar-refractivity contribution >= 4 is 9.84 Å². The molecule has 1 fully saturated rings. The Hall–Kier alpha value is -0.880. The summed E-state index contributed by atoms with van der Waals surface area (Å²) in [5.74, 6) is 1.22. The van der Waals surface area contributed by atoms with Crippen molar-refractivity contribution in [3.63, 3.8) is 0 Å². The molecular weight excluding hydrogens is 230 g/mol. The number of sulfone groups is 1. The molecule has 1 aromatic heterocycles. The van der Waals surface area contributed by atoms with Gasteiger partial charge in [0.2, 0.25) is 0 Å². The molecule has 1 aliphatic rings. The van der Waals surface area contributed by atoms with E-state index in [2.05, 4.69) is 4.98 Å². The first-order valence-electron chi connectivity index (χ1n) is 5.29. The van der Waals surface area contributed by atoms with Crippen LogP contribution < -0.4 is 0 Å². The van der Waals surface area contributed by atoms with Crippen LogP contribution in [0.15, 0.2) is 10.6 Å². The van der Waals surface area contributed by atoms with Gasteiger partial charge in [0.15, 0.2) is 15.7 Å². The molecule has 0 saturated carbocycles. The molecule has 16 heavy (non-hydrogen) atoms. The second kappa shape index (κ2) is 4.18. The molecule has 0 bridgehead atoms. The zero-order chi connectivity index (χ0) is 11.8. The summed E-state index contributed by atoms with van der Waals surface area (Å²) in [5, 5.41) is 8.96. The van der Waals surface area contributed by atoms with Crippen molar-refractivity contribution in [2.75, 3.05) is 18.1 Å². The van der Waals surface area contributed by atoms with Gasteiger partial charge in [-0.2, -0.15) is 0 Å². The van der Waals surface area contributed by atoms with E-state index in [-0.39, 0.29) is 29.9 Å². The van der Waals surface area contributed by atoms with Crippen molar-refractivity contribution in [1.29, 1.82) is 0 Å². The monoisotopic (exact) mass is 245 g/mol. The number of aliphatic hydroxyl groups excluding tert-OH is 1. The minimum absolute atomic E-state index is 0.00238. The number of rotatable bonds is 3. The Kier molecular flexibility index (Phi) is 3.03. The van der Waals surface area contributed by atoms with Crippen LogP contribution in [-0.4, -0.2) is 36.6 Å². The summed E-state index contributed by atoms with van der Waals surface area (Å²) in [6.45, 7) is 1.83. The molecule has 1 aliphatic heterocycles. The molecule has 6 heteroatoms. The number of nitrogens with zero attached hydrogens (tertiary/aromatic N) is 1. The average Bonchev–Trinajstić information content (AvgIpc) is 2.83. The third kappa shape index (κ3) is 2.27. The second-order valence-corrected chi connectivity index (χ2v) is 6.51. The fraction of sp³-hybridized carbons (Fsp3) is 0.700. The highest BCUT2D eigenvalue weighted by molar-refractivity contribution is 7.91. The first-order chi connectivity index (χ1) is 7.52. The lowest BCUT2D eigenvalue weighted by Gasteiger charge is -2.03. The highest BCUT2D eigenvalue weighted by atomic mass is 32.2. The third-order valence-electron chi connectivity index (χ3n) is 2.88. The van der Waals surface area contributed by atoms with Crippen molar-refractivity contribution in [1.82, 2.24) is 4.98 Å². The van der Waals surface area contributed by atoms with E-state index in [4.69, 9.17) is 9.52 Å². The summed E-state index contributed by atoms with van der Waals surface area (Å²) in [5.41, 5.74) is 0. The molecule has 2 heterocycles. The van der Waals surface area contributed by atoms with Crippen LogP contribution >= 0.6 is 0 Å². The molecule has 2 rings (SSSR count). The van der Waals surface area contributed by atoms with Crippen LogP contribution in [-0.2, 0) is 9.84 Å². The summed E-state index contributed by atoms with van der Waals surface area (Å²) < 4.78 is 28.1. The summed E-state index contributed by atoms with van der Waals surface area (Å²) in [4.78, 5) is 4.09. The van der Waals surface area contributed by atoms with Gasteiger partial charge >= 0.3 is 0 Å². The van der Waals surface area contributed by atoms with Gasteiger partial charge in [0.25, 0.3) is 0 Å². The average molecular weight is 245 g/mol. The van der Waals surface area contributed by atoms with Gasteiger partial charge in [-0.15, -0.1) is 0 Å². The van der Waals surface area contributed by atoms with E-state index in [1.807, 2.05) is 6.92 Å². The Morgan fingerprint density at radius 3 is 3.00 bits per heavy atom. The SMILES string of the molecule is CC(CO)c1cnc(C2CCS(=O)(=O)C2)o1. The van der Waals surface area contributed by atoms with E-state index in [0.29, 0.717) is 18.1 Å². The molecule has 0 aliphatic carbocycles. The summed E-state index contributed by atoms with van der Waals surface area (Å²) in [7, 11) is -2.91. The standard InChI is InChI=1S/C10H15NO4S/c1-7(5-12)9-4-11-10(15-9)8-2-3-16(13,14)6-8/h4,7-8,12H,2-3,5-6H2,1H3. The number of aromatic nitrogens is 1. The zero-order valence-corrected chi connectivity index (χ0v) is 9.90. The van der Waals surface area contributed by atoms with E-state index in [0.717, 1.165) is 0 Å². The van der Waals surface area contributed by atoms with Crippen molar-refractivity contribution < 1.29 is 17.9 Å². The Balaban J connectivity index is 2.14. The Labute approximate surface area is 94.4 Å². The fourth-order valence-corrected chi connectivity index (χ4v) is 3.53. The van der Waals surface area contributed by atoms with Crippen LogP contribution in [0.4, 0.5) is 0 Å². The lowest BCUT2D eigenvalue weighted by molar-refractivity contribution is 0.254. The van der Waals surface area contributed by atoms with Crippen molar-refractivity contribution in [2.45, 2.75) is 25.2 Å².